The number of carbonyl (C=O) groups is 1. The number of furan rings is 1. The molecule has 0 fully saturated rings. The Morgan fingerprint density at radius 3 is 2.50 bits per heavy atom. The summed E-state index contributed by atoms with van der Waals surface area (Å²) in [6, 6.07) is 5.56. The molecular formula is C15H18O3. The van der Waals surface area contributed by atoms with Crippen LogP contribution < -0.4 is 4.74 Å². The summed E-state index contributed by atoms with van der Waals surface area (Å²) in [4.78, 5) is 12.3. The molecule has 0 saturated carbocycles. The molecule has 0 amide bonds. The Morgan fingerprint density at radius 1 is 1.28 bits per heavy atom. The van der Waals surface area contributed by atoms with E-state index in [2.05, 4.69) is 0 Å². The zero-order chi connectivity index (χ0) is 13.5. The van der Waals surface area contributed by atoms with Crippen LogP contribution in [0.5, 0.6) is 5.75 Å². The predicted molar refractivity (Wildman–Crippen MR) is 71.3 cm³/mol. The van der Waals surface area contributed by atoms with E-state index >= 15 is 0 Å². The Morgan fingerprint density at radius 2 is 1.94 bits per heavy atom. The van der Waals surface area contributed by atoms with Crippen molar-refractivity contribution in [2.24, 2.45) is 5.41 Å². The number of Topliss-reactive ketones (excluding diaryl/α,β-unsaturated/α-hetero) is 1. The molecule has 0 saturated heterocycles. The third-order valence-electron chi connectivity index (χ3n) is 3.03. The maximum atomic E-state index is 12.3. The van der Waals surface area contributed by atoms with Crippen molar-refractivity contribution in [1.29, 1.82) is 0 Å². The Hall–Kier alpha value is -1.77. The molecule has 3 nitrogen and oxygen atoms in total. The minimum Gasteiger partial charge on any atom is -0.497 e. The molecule has 0 spiro atoms. The Balaban J connectivity index is 2.61. The van der Waals surface area contributed by atoms with Gasteiger partial charge in [-0.3, -0.25) is 4.79 Å². The van der Waals surface area contributed by atoms with Crippen LogP contribution in [0.2, 0.25) is 0 Å². The average Bonchev–Trinajstić information content (AvgIpc) is 2.64. The first-order chi connectivity index (χ1) is 8.34. The third kappa shape index (κ3) is 2.01. The fourth-order valence-electron chi connectivity index (χ4n) is 1.88. The number of fused-ring (bicyclic) bond motifs is 1. The molecule has 0 unspecified atom stereocenters. The van der Waals surface area contributed by atoms with Crippen LogP contribution in [-0.2, 0) is 0 Å². The van der Waals surface area contributed by atoms with Gasteiger partial charge < -0.3 is 9.15 Å². The SMILES string of the molecule is COc1ccc2oc(C(=O)C(C)(C)C)c(C)c2c1. The van der Waals surface area contributed by atoms with E-state index < -0.39 is 5.41 Å². The topological polar surface area (TPSA) is 39.4 Å². The van der Waals surface area contributed by atoms with Gasteiger partial charge in [0.15, 0.2) is 5.76 Å². The number of carbonyl (C=O) groups excluding carboxylic acids is 1. The number of ketones is 1. The highest BCUT2D eigenvalue weighted by Gasteiger charge is 2.28. The molecule has 0 aliphatic carbocycles. The molecule has 18 heavy (non-hydrogen) atoms. The fraction of sp³-hybridized carbons (Fsp3) is 0.400. The lowest BCUT2D eigenvalue weighted by Crippen LogP contribution is -2.20. The average molecular weight is 246 g/mol. The van der Waals surface area contributed by atoms with Crippen molar-refractivity contribution < 1.29 is 13.9 Å². The van der Waals surface area contributed by atoms with Crippen LogP contribution in [-0.4, -0.2) is 12.9 Å². The smallest absolute Gasteiger partial charge is 0.203 e. The van der Waals surface area contributed by atoms with Crippen LogP contribution in [0.25, 0.3) is 11.0 Å². The Bertz CT molecular complexity index is 600. The molecule has 0 aliphatic heterocycles. The van der Waals surface area contributed by atoms with Crippen molar-refractivity contribution in [3.8, 4) is 5.75 Å². The van der Waals surface area contributed by atoms with Crippen LogP contribution in [0.15, 0.2) is 22.6 Å². The molecular weight excluding hydrogens is 228 g/mol. The quantitative estimate of drug-likeness (QED) is 0.752. The lowest BCUT2D eigenvalue weighted by Gasteiger charge is -2.14. The number of aryl methyl sites for hydroxylation is 1. The van der Waals surface area contributed by atoms with Crippen LogP contribution in [0.1, 0.15) is 36.9 Å². The highest BCUT2D eigenvalue weighted by molar-refractivity contribution is 6.03. The lowest BCUT2D eigenvalue weighted by atomic mass is 9.88. The van der Waals surface area contributed by atoms with Crippen LogP contribution in [0.4, 0.5) is 0 Å². The van der Waals surface area contributed by atoms with E-state index in [1.165, 1.54) is 0 Å². The first-order valence-corrected chi connectivity index (χ1v) is 5.96. The second-order valence-electron chi connectivity index (χ2n) is 5.50. The van der Waals surface area contributed by atoms with Gasteiger partial charge in [0.25, 0.3) is 0 Å². The van der Waals surface area contributed by atoms with Gasteiger partial charge in [-0.05, 0) is 25.1 Å². The molecule has 3 heteroatoms. The van der Waals surface area contributed by atoms with E-state index in [0.29, 0.717) is 5.76 Å². The monoisotopic (exact) mass is 246 g/mol. The van der Waals surface area contributed by atoms with Gasteiger partial charge in [0.2, 0.25) is 5.78 Å². The molecule has 0 N–H and O–H groups in total. The number of benzene rings is 1. The summed E-state index contributed by atoms with van der Waals surface area (Å²) in [6.45, 7) is 7.58. The van der Waals surface area contributed by atoms with Crippen molar-refractivity contribution in [2.75, 3.05) is 7.11 Å². The van der Waals surface area contributed by atoms with Gasteiger partial charge in [0, 0.05) is 16.4 Å². The second-order valence-corrected chi connectivity index (χ2v) is 5.50. The van der Waals surface area contributed by atoms with Gasteiger partial charge in [-0.15, -0.1) is 0 Å². The molecule has 2 aromatic rings. The Kier molecular flexibility index (Phi) is 2.93. The lowest BCUT2D eigenvalue weighted by molar-refractivity contribution is 0.0830. The molecule has 0 radical (unpaired) electrons. The molecule has 0 aliphatic rings. The summed E-state index contributed by atoms with van der Waals surface area (Å²) in [6.07, 6.45) is 0. The molecule has 0 atom stereocenters. The van der Waals surface area contributed by atoms with Crippen LogP contribution in [0.3, 0.4) is 0 Å². The number of hydrogen-bond donors (Lipinski definition) is 0. The minimum absolute atomic E-state index is 0.0233. The molecule has 1 aromatic carbocycles. The number of ether oxygens (including phenoxy) is 1. The first kappa shape index (κ1) is 12.7. The zero-order valence-corrected chi connectivity index (χ0v) is 11.5. The van der Waals surface area contributed by atoms with E-state index in [1.54, 1.807) is 7.11 Å². The number of methoxy groups -OCH3 is 1. The van der Waals surface area contributed by atoms with Crippen molar-refractivity contribution >= 4 is 16.8 Å². The highest BCUT2D eigenvalue weighted by atomic mass is 16.5. The van der Waals surface area contributed by atoms with E-state index in [0.717, 1.165) is 22.3 Å². The minimum atomic E-state index is -0.442. The van der Waals surface area contributed by atoms with Crippen molar-refractivity contribution in [2.45, 2.75) is 27.7 Å². The zero-order valence-electron chi connectivity index (χ0n) is 11.5. The summed E-state index contributed by atoms with van der Waals surface area (Å²) >= 11 is 0. The standard InChI is InChI=1S/C15H18O3/c1-9-11-8-10(17-5)6-7-12(11)18-13(9)14(16)15(2,3)4/h6-8H,1-5H3. The van der Waals surface area contributed by atoms with Crippen molar-refractivity contribution in [1.82, 2.24) is 0 Å². The van der Waals surface area contributed by atoms with E-state index in [4.69, 9.17) is 9.15 Å². The highest BCUT2D eigenvalue weighted by Crippen LogP contribution is 2.32. The van der Waals surface area contributed by atoms with E-state index in [9.17, 15) is 4.79 Å². The van der Waals surface area contributed by atoms with Gasteiger partial charge in [-0.25, -0.2) is 0 Å². The number of hydrogen-bond acceptors (Lipinski definition) is 3. The molecule has 1 heterocycles. The summed E-state index contributed by atoms with van der Waals surface area (Å²) in [7, 11) is 1.62. The van der Waals surface area contributed by atoms with Gasteiger partial charge in [-0.1, -0.05) is 20.8 Å². The summed E-state index contributed by atoms with van der Waals surface area (Å²) < 4.78 is 10.9. The third-order valence-corrected chi connectivity index (χ3v) is 3.03. The molecule has 0 bridgehead atoms. The normalized spacial score (nSPS) is 11.8. The maximum Gasteiger partial charge on any atom is 0.203 e. The second kappa shape index (κ2) is 4.16. The fourth-order valence-corrected chi connectivity index (χ4v) is 1.88. The molecule has 96 valence electrons. The molecule has 1 aromatic heterocycles. The van der Waals surface area contributed by atoms with Gasteiger partial charge >= 0.3 is 0 Å². The van der Waals surface area contributed by atoms with Gasteiger partial charge in [0.05, 0.1) is 7.11 Å². The van der Waals surface area contributed by atoms with Crippen LogP contribution >= 0.6 is 0 Å². The van der Waals surface area contributed by atoms with Crippen molar-refractivity contribution in [3.63, 3.8) is 0 Å². The summed E-state index contributed by atoms with van der Waals surface area (Å²) in [5.41, 5.74) is 1.16. The van der Waals surface area contributed by atoms with Gasteiger partial charge in [-0.2, -0.15) is 0 Å². The Labute approximate surface area is 107 Å². The molecule has 2 rings (SSSR count). The van der Waals surface area contributed by atoms with E-state index in [1.807, 2.05) is 45.9 Å². The van der Waals surface area contributed by atoms with Crippen LogP contribution in [0, 0.1) is 12.3 Å². The first-order valence-electron chi connectivity index (χ1n) is 5.96. The largest absolute Gasteiger partial charge is 0.497 e. The summed E-state index contributed by atoms with van der Waals surface area (Å²) in [5.74, 6) is 1.24. The van der Waals surface area contributed by atoms with E-state index in [-0.39, 0.29) is 5.78 Å². The number of rotatable bonds is 2. The van der Waals surface area contributed by atoms with Crippen molar-refractivity contribution in [3.05, 3.63) is 29.5 Å². The summed E-state index contributed by atoms with van der Waals surface area (Å²) in [5, 5.41) is 0.932. The maximum absolute atomic E-state index is 12.3. The predicted octanol–water partition coefficient (Wildman–Crippen LogP) is 3.98. The van der Waals surface area contributed by atoms with Gasteiger partial charge in [0.1, 0.15) is 11.3 Å².